The van der Waals surface area contributed by atoms with Crippen molar-refractivity contribution in [3.05, 3.63) is 72.3 Å². The minimum absolute atomic E-state index is 0.210. The molecule has 0 aliphatic carbocycles. The highest BCUT2D eigenvalue weighted by Crippen LogP contribution is 2.23. The van der Waals surface area contributed by atoms with E-state index >= 15 is 0 Å². The van der Waals surface area contributed by atoms with Crippen LogP contribution >= 0.6 is 0 Å². The lowest BCUT2D eigenvalue weighted by atomic mass is 10.1. The van der Waals surface area contributed by atoms with Gasteiger partial charge in [-0.05, 0) is 60.7 Å². The zero-order chi connectivity index (χ0) is 18.1. The summed E-state index contributed by atoms with van der Waals surface area (Å²) in [5.74, 6) is 0.172. The predicted molar refractivity (Wildman–Crippen MR) is 98.3 cm³/mol. The minimum atomic E-state index is -0.471. The molecule has 0 aliphatic rings. The monoisotopic (exact) mass is 345 g/mol. The molecule has 7 nitrogen and oxygen atoms in total. The lowest BCUT2D eigenvalue weighted by Gasteiger charge is -2.04. The largest absolute Gasteiger partial charge is 0.508 e. The maximum absolute atomic E-state index is 11.1. The Labute approximate surface area is 148 Å². The number of pyridine rings is 1. The highest BCUT2D eigenvalue weighted by Gasteiger charge is 2.09. The normalized spacial score (nSPS) is 10.8. The van der Waals surface area contributed by atoms with Crippen molar-refractivity contribution in [3.8, 4) is 17.0 Å². The number of amides is 1. The van der Waals surface area contributed by atoms with Crippen molar-refractivity contribution in [2.24, 2.45) is 5.73 Å². The molecule has 0 aliphatic heterocycles. The van der Waals surface area contributed by atoms with E-state index in [1.165, 1.54) is 0 Å². The fourth-order valence-electron chi connectivity index (χ4n) is 2.66. The number of hydrogen-bond acceptors (Lipinski definition) is 5. The van der Waals surface area contributed by atoms with Gasteiger partial charge in [-0.2, -0.15) is 4.98 Å². The lowest BCUT2D eigenvalue weighted by Crippen LogP contribution is -2.10. The summed E-state index contributed by atoms with van der Waals surface area (Å²) >= 11 is 0. The topological polar surface area (TPSA) is 106 Å². The van der Waals surface area contributed by atoms with E-state index in [0.717, 1.165) is 16.9 Å². The molecule has 4 rings (SSSR count). The number of nitrogens with zero attached hydrogens (tertiary/aromatic N) is 3. The van der Waals surface area contributed by atoms with Gasteiger partial charge in [-0.3, -0.25) is 4.79 Å². The summed E-state index contributed by atoms with van der Waals surface area (Å²) in [6.45, 7) is 0. The Hall–Kier alpha value is -3.87. The fraction of sp³-hybridized carbons (Fsp3) is 0. The number of primary amides is 1. The van der Waals surface area contributed by atoms with E-state index in [1.54, 1.807) is 40.9 Å². The summed E-state index contributed by atoms with van der Waals surface area (Å²) in [7, 11) is 0. The zero-order valence-corrected chi connectivity index (χ0v) is 13.6. The number of phenols is 1. The van der Waals surface area contributed by atoms with Gasteiger partial charge in [-0.1, -0.05) is 6.07 Å². The molecule has 0 radical (unpaired) electrons. The van der Waals surface area contributed by atoms with E-state index in [0.29, 0.717) is 17.2 Å². The molecule has 2 aromatic heterocycles. The smallest absolute Gasteiger partial charge is 0.248 e. The van der Waals surface area contributed by atoms with E-state index in [-0.39, 0.29) is 5.75 Å². The Balaban J connectivity index is 1.68. The predicted octanol–water partition coefficient (Wildman–Crippen LogP) is 2.94. The Morgan fingerprint density at radius 2 is 1.73 bits per heavy atom. The molecule has 1 amide bonds. The Kier molecular flexibility index (Phi) is 3.74. The zero-order valence-electron chi connectivity index (χ0n) is 13.6. The molecule has 2 heterocycles. The Bertz CT molecular complexity index is 1090. The summed E-state index contributed by atoms with van der Waals surface area (Å²) in [6, 6.07) is 19.4. The first-order valence-corrected chi connectivity index (χ1v) is 7.92. The van der Waals surface area contributed by atoms with Crippen LogP contribution in [0.3, 0.4) is 0 Å². The maximum atomic E-state index is 11.1. The molecule has 2 aromatic carbocycles. The van der Waals surface area contributed by atoms with Gasteiger partial charge in [-0.15, -0.1) is 5.10 Å². The van der Waals surface area contributed by atoms with E-state index < -0.39 is 5.91 Å². The van der Waals surface area contributed by atoms with E-state index in [2.05, 4.69) is 15.4 Å². The van der Waals surface area contributed by atoms with E-state index in [1.807, 2.05) is 30.3 Å². The van der Waals surface area contributed by atoms with Crippen molar-refractivity contribution >= 4 is 23.2 Å². The van der Waals surface area contributed by atoms with Crippen LogP contribution in [-0.4, -0.2) is 25.6 Å². The quantitative estimate of drug-likeness (QED) is 0.527. The second-order valence-corrected chi connectivity index (χ2v) is 5.73. The van der Waals surface area contributed by atoms with Gasteiger partial charge >= 0.3 is 0 Å². The van der Waals surface area contributed by atoms with Crippen molar-refractivity contribution in [2.75, 3.05) is 5.32 Å². The third-order valence-electron chi connectivity index (χ3n) is 3.95. The average Bonchev–Trinajstić information content (AvgIpc) is 3.05. The van der Waals surface area contributed by atoms with Gasteiger partial charge in [0.25, 0.3) is 0 Å². The summed E-state index contributed by atoms with van der Waals surface area (Å²) in [6.07, 6.45) is 0. The molecule has 4 N–H and O–H groups in total. The van der Waals surface area contributed by atoms with Crippen LogP contribution in [0.25, 0.3) is 16.9 Å². The van der Waals surface area contributed by atoms with Crippen LogP contribution in [0.2, 0.25) is 0 Å². The molecule has 0 bridgehead atoms. The van der Waals surface area contributed by atoms with Gasteiger partial charge in [0.05, 0.1) is 5.69 Å². The van der Waals surface area contributed by atoms with Crippen LogP contribution in [0, 0.1) is 0 Å². The lowest BCUT2D eigenvalue weighted by molar-refractivity contribution is 0.100. The van der Waals surface area contributed by atoms with Crippen LogP contribution in [0.5, 0.6) is 5.75 Å². The SMILES string of the molecule is NC(=O)c1ccc(Nc2nc3cccc(-c4ccc(O)cc4)n3n2)cc1. The third kappa shape index (κ3) is 2.93. The molecule has 0 spiro atoms. The number of aromatic hydroxyl groups is 1. The van der Waals surface area contributed by atoms with Gasteiger partial charge in [0, 0.05) is 16.8 Å². The minimum Gasteiger partial charge on any atom is -0.508 e. The van der Waals surface area contributed by atoms with E-state index in [9.17, 15) is 9.90 Å². The van der Waals surface area contributed by atoms with Crippen molar-refractivity contribution in [1.29, 1.82) is 0 Å². The number of fused-ring (bicyclic) bond motifs is 1. The number of carbonyl (C=O) groups excluding carboxylic acids is 1. The number of hydrogen-bond donors (Lipinski definition) is 3. The van der Waals surface area contributed by atoms with E-state index in [4.69, 9.17) is 5.73 Å². The summed E-state index contributed by atoms with van der Waals surface area (Å²) in [4.78, 5) is 15.6. The summed E-state index contributed by atoms with van der Waals surface area (Å²) in [5.41, 5.74) is 8.88. The molecule has 26 heavy (non-hydrogen) atoms. The van der Waals surface area contributed by atoms with Crippen molar-refractivity contribution < 1.29 is 9.90 Å². The number of phenolic OH excluding ortho intramolecular Hbond substituents is 1. The fourth-order valence-corrected chi connectivity index (χ4v) is 2.66. The van der Waals surface area contributed by atoms with Gasteiger partial charge in [0.15, 0.2) is 5.65 Å². The highest BCUT2D eigenvalue weighted by atomic mass is 16.3. The molecular formula is C19H15N5O2. The number of benzene rings is 2. The van der Waals surface area contributed by atoms with Crippen LogP contribution in [0.15, 0.2) is 66.7 Å². The number of anilines is 2. The van der Waals surface area contributed by atoms with Crippen LogP contribution in [0.1, 0.15) is 10.4 Å². The Morgan fingerprint density at radius 3 is 2.42 bits per heavy atom. The van der Waals surface area contributed by atoms with Crippen molar-refractivity contribution in [1.82, 2.24) is 14.6 Å². The van der Waals surface area contributed by atoms with Gasteiger partial charge < -0.3 is 16.2 Å². The van der Waals surface area contributed by atoms with Crippen LogP contribution in [0.4, 0.5) is 11.6 Å². The molecule has 0 atom stereocenters. The number of rotatable bonds is 4. The second-order valence-electron chi connectivity index (χ2n) is 5.73. The van der Waals surface area contributed by atoms with Gasteiger partial charge in [0.2, 0.25) is 11.9 Å². The average molecular weight is 345 g/mol. The molecule has 128 valence electrons. The second kappa shape index (κ2) is 6.21. The van der Waals surface area contributed by atoms with Crippen LogP contribution in [-0.2, 0) is 0 Å². The number of aromatic nitrogens is 3. The molecule has 4 aromatic rings. The standard InChI is InChI=1S/C19H15N5O2/c20-18(26)13-4-8-14(9-5-13)21-19-22-17-3-1-2-16(24(17)23-19)12-6-10-15(25)11-7-12/h1-11,25H,(H2,20,26)(H,21,23). The summed E-state index contributed by atoms with van der Waals surface area (Å²) in [5, 5.41) is 17.1. The first-order valence-electron chi connectivity index (χ1n) is 7.92. The molecule has 0 saturated heterocycles. The maximum Gasteiger partial charge on any atom is 0.248 e. The van der Waals surface area contributed by atoms with Gasteiger partial charge in [0.1, 0.15) is 5.75 Å². The van der Waals surface area contributed by atoms with Crippen molar-refractivity contribution in [3.63, 3.8) is 0 Å². The number of nitrogens with one attached hydrogen (secondary N) is 1. The first kappa shape index (κ1) is 15.6. The molecular weight excluding hydrogens is 330 g/mol. The Morgan fingerprint density at radius 1 is 1.00 bits per heavy atom. The molecule has 0 saturated carbocycles. The molecule has 7 heteroatoms. The highest BCUT2D eigenvalue weighted by molar-refractivity contribution is 5.93. The number of carbonyl (C=O) groups is 1. The third-order valence-corrected chi connectivity index (χ3v) is 3.95. The number of nitrogens with two attached hydrogens (primary N) is 1. The summed E-state index contributed by atoms with van der Waals surface area (Å²) < 4.78 is 1.73. The van der Waals surface area contributed by atoms with Crippen molar-refractivity contribution in [2.45, 2.75) is 0 Å². The molecule has 0 unspecified atom stereocenters. The van der Waals surface area contributed by atoms with Gasteiger partial charge in [-0.25, -0.2) is 4.52 Å². The molecule has 0 fully saturated rings. The van der Waals surface area contributed by atoms with Crippen LogP contribution < -0.4 is 11.1 Å². The first-order chi connectivity index (χ1) is 12.6.